The van der Waals surface area contributed by atoms with Gasteiger partial charge < -0.3 is 16.2 Å². The third-order valence-electron chi connectivity index (χ3n) is 2.03. The Balaban J connectivity index is 3.42. The van der Waals surface area contributed by atoms with E-state index in [1.54, 1.807) is 6.92 Å². The monoisotopic (exact) mass is 241 g/mol. The SMILES string of the molecule is CN=C(N)c1c(NC=O)sc(C(=O)O)c1C. The predicted octanol–water partition coefficient (Wildman–Crippen LogP) is 0.658. The average molecular weight is 241 g/mol. The van der Waals surface area contributed by atoms with Crippen molar-refractivity contribution >= 4 is 34.6 Å². The number of amides is 1. The molecule has 16 heavy (non-hydrogen) atoms. The summed E-state index contributed by atoms with van der Waals surface area (Å²) in [6.07, 6.45) is 0.476. The molecule has 0 saturated carbocycles. The Hall–Kier alpha value is -1.89. The number of carbonyl (C=O) groups excluding carboxylic acids is 1. The van der Waals surface area contributed by atoms with Crippen molar-refractivity contribution < 1.29 is 14.7 Å². The molecule has 1 aromatic heterocycles. The summed E-state index contributed by atoms with van der Waals surface area (Å²) in [6, 6.07) is 0. The molecule has 1 rings (SSSR count). The van der Waals surface area contributed by atoms with E-state index in [-0.39, 0.29) is 10.7 Å². The highest BCUT2D eigenvalue weighted by Gasteiger charge is 2.21. The maximum absolute atomic E-state index is 10.9. The van der Waals surface area contributed by atoms with Crippen LogP contribution in [-0.4, -0.2) is 30.4 Å². The molecule has 0 bridgehead atoms. The van der Waals surface area contributed by atoms with Crippen molar-refractivity contribution in [3.8, 4) is 0 Å². The Morgan fingerprint density at radius 2 is 2.25 bits per heavy atom. The first-order chi connectivity index (χ1) is 7.52. The first-order valence-electron chi connectivity index (χ1n) is 4.32. The Labute approximate surface area is 95.8 Å². The Bertz CT molecular complexity index is 465. The zero-order valence-electron chi connectivity index (χ0n) is 8.77. The molecular weight excluding hydrogens is 230 g/mol. The number of amidine groups is 1. The summed E-state index contributed by atoms with van der Waals surface area (Å²) >= 11 is 0.960. The van der Waals surface area contributed by atoms with Crippen molar-refractivity contribution in [3.63, 3.8) is 0 Å². The summed E-state index contributed by atoms with van der Waals surface area (Å²) in [6.45, 7) is 1.63. The number of carboxylic acids is 1. The minimum absolute atomic E-state index is 0.144. The fraction of sp³-hybridized carbons (Fsp3) is 0.222. The second-order valence-corrected chi connectivity index (χ2v) is 3.96. The lowest BCUT2D eigenvalue weighted by Gasteiger charge is -2.02. The fourth-order valence-electron chi connectivity index (χ4n) is 1.29. The smallest absolute Gasteiger partial charge is 0.346 e. The number of carbonyl (C=O) groups is 2. The second kappa shape index (κ2) is 4.75. The van der Waals surface area contributed by atoms with Gasteiger partial charge in [-0.1, -0.05) is 0 Å². The van der Waals surface area contributed by atoms with E-state index in [2.05, 4.69) is 10.3 Å². The van der Waals surface area contributed by atoms with Gasteiger partial charge in [0.1, 0.15) is 15.7 Å². The lowest BCUT2D eigenvalue weighted by atomic mass is 10.1. The van der Waals surface area contributed by atoms with Gasteiger partial charge in [0.2, 0.25) is 6.41 Å². The minimum Gasteiger partial charge on any atom is -0.477 e. The maximum Gasteiger partial charge on any atom is 0.346 e. The first kappa shape index (κ1) is 12.2. The van der Waals surface area contributed by atoms with E-state index in [0.717, 1.165) is 11.3 Å². The molecule has 0 spiro atoms. The normalized spacial score (nSPS) is 11.2. The van der Waals surface area contributed by atoms with Gasteiger partial charge in [-0.05, 0) is 12.5 Å². The van der Waals surface area contributed by atoms with Crippen molar-refractivity contribution in [2.75, 3.05) is 12.4 Å². The number of anilines is 1. The molecule has 0 fully saturated rings. The maximum atomic E-state index is 10.9. The Morgan fingerprint density at radius 1 is 1.62 bits per heavy atom. The summed E-state index contributed by atoms with van der Waals surface area (Å²) in [5.41, 5.74) is 6.62. The molecule has 6 nitrogen and oxygen atoms in total. The second-order valence-electron chi connectivity index (χ2n) is 2.94. The van der Waals surface area contributed by atoms with E-state index in [1.807, 2.05) is 0 Å². The van der Waals surface area contributed by atoms with Gasteiger partial charge in [-0.25, -0.2) is 4.79 Å². The molecule has 0 aliphatic rings. The van der Waals surface area contributed by atoms with Crippen LogP contribution in [0.15, 0.2) is 4.99 Å². The highest BCUT2D eigenvalue weighted by atomic mass is 32.1. The molecule has 1 aromatic rings. The van der Waals surface area contributed by atoms with Gasteiger partial charge in [-0.3, -0.25) is 9.79 Å². The highest BCUT2D eigenvalue weighted by Crippen LogP contribution is 2.32. The van der Waals surface area contributed by atoms with Crippen LogP contribution in [0.4, 0.5) is 5.00 Å². The van der Waals surface area contributed by atoms with Crippen LogP contribution in [0.1, 0.15) is 20.8 Å². The van der Waals surface area contributed by atoms with Gasteiger partial charge in [0.05, 0.1) is 5.56 Å². The number of nitrogens with two attached hydrogens (primary N) is 1. The van der Waals surface area contributed by atoms with Crippen LogP contribution in [0.5, 0.6) is 0 Å². The molecule has 0 atom stereocenters. The number of aliphatic imine (C=N–C) groups is 1. The summed E-state index contributed by atoms with van der Waals surface area (Å²) in [4.78, 5) is 25.2. The van der Waals surface area contributed by atoms with Crippen LogP contribution in [-0.2, 0) is 4.79 Å². The van der Waals surface area contributed by atoms with Gasteiger partial charge in [-0.15, -0.1) is 11.3 Å². The zero-order chi connectivity index (χ0) is 12.3. The standard InChI is InChI=1S/C9H11N3O3S/c1-4-5(7(10)11-2)8(12-3-13)16-6(4)9(14)15/h3H,1-2H3,(H2,10,11)(H,12,13)(H,14,15). The van der Waals surface area contributed by atoms with Crippen molar-refractivity contribution in [1.29, 1.82) is 0 Å². The van der Waals surface area contributed by atoms with Crippen LogP contribution >= 0.6 is 11.3 Å². The van der Waals surface area contributed by atoms with Gasteiger partial charge in [0, 0.05) is 7.05 Å². The number of hydrogen-bond acceptors (Lipinski definition) is 4. The molecular formula is C9H11N3O3S. The molecule has 0 aliphatic heterocycles. The van der Waals surface area contributed by atoms with E-state index in [1.165, 1.54) is 7.05 Å². The number of thiophene rings is 1. The van der Waals surface area contributed by atoms with Gasteiger partial charge in [-0.2, -0.15) is 0 Å². The van der Waals surface area contributed by atoms with Gasteiger partial charge in [0.25, 0.3) is 0 Å². The summed E-state index contributed by atoms with van der Waals surface area (Å²) < 4.78 is 0. The van der Waals surface area contributed by atoms with E-state index in [4.69, 9.17) is 10.8 Å². The number of rotatable bonds is 4. The number of carboxylic acid groups (broad SMARTS) is 1. The number of nitrogens with one attached hydrogen (secondary N) is 1. The molecule has 7 heteroatoms. The fourth-order valence-corrected chi connectivity index (χ4v) is 2.31. The predicted molar refractivity (Wildman–Crippen MR) is 62.4 cm³/mol. The Kier molecular flexibility index (Phi) is 3.62. The van der Waals surface area contributed by atoms with Crippen LogP contribution in [0.2, 0.25) is 0 Å². The molecule has 1 amide bonds. The minimum atomic E-state index is -1.05. The third-order valence-corrected chi connectivity index (χ3v) is 3.24. The molecule has 4 N–H and O–H groups in total. The molecule has 0 unspecified atom stereocenters. The van der Waals surface area contributed by atoms with Crippen LogP contribution in [0, 0.1) is 6.92 Å². The van der Waals surface area contributed by atoms with Crippen LogP contribution in [0.25, 0.3) is 0 Å². The molecule has 1 heterocycles. The topological polar surface area (TPSA) is 105 Å². The highest BCUT2D eigenvalue weighted by molar-refractivity contribution is 7.18. The summed E-state index contributed by atoms with van der Waals surface area (Å²) in [5, 5.41) is 11.8. The van der Waals surface area contributed by atoms with E-state index in [9.17, 15) is 9.59 Å². The number of hydrogen-bond donors (Lipinski definition) is 3. The van der Waals surface area contributed by atoms with Gasteiger partial charge in [0.15, 0.2) is 0 Å². The Morgan fingerprint density at radius 3 is 2.69 bits per heavy atom. The lowest BCUT2D eigenvalue weighted by Crippen LogP contribution is -2.15. The number of nitrogens with zero attached hydrogens (tertiary/aromatic N) is 1. The van der Waals surface area contributed by atoms with E-state index >= 15 is 0 Å². The summed E-state index contributed by atoms with van der Waals surface area (Å²) in [7, 11) is 1.50. The molecule has 0 radical (unpaired) electrons. The van der Waals surface area contributed by atoms with Crippen LogP contribution in [0.3, 0.4) is 0 Å². The quantitative estimate of drug-likeness (QED) is 0.409. The third kappa shape index (κ3) is 2.03. The molecule has 0 saturated heterocycles. The van der Waals surface area contributed by atoms with Gasteiger partial charge >= 0.3 is 5.97 Å². The van der Waals surface area contributed by atoms with Crippen LogP contribution < -0.4 is 11.1 Å². The lowest BCUT2D eigenvalue weighted by molar-refractivity contribution is -0.105. The van der Waals surface area contributed by atoms with Crippen molar-refractivity contribution in [2.45, 2.75) is 6.92 Å². The molecule has 0 aromatic carbocycles. The molecule has 0 aliphatic carbocycles. The van der Waals surface area contributed by atoms with Crippen molar-refractivity contribution in [1.82, 2.24) is 0 Å². The van der Waals surface area contributed by atoms with E-state index in [0.29, 0.717) is 22.5 Å². The molecule has 86 valence electrons. The van der Waals surface area contributed by atoms with E-state index < -0.39 is 5.97 Å². The van der Waals surface area contributed by atoms with Crippen molar-refractivity contribution in [2.24, 2.45) is 10.7 Å². The number of aromatic carboxylic acids is 1. The summed E-state index contributed by atoms with van der Waals surface area (Å²) in [5.74, 6) is -0.850. The van der Waals surface area contributed by atoms with Crippen molar-refractivity contribution in [3.05, 3.63) is 16.0 Å². The first-order valence-corrected chi connectivity index (χ1v) is 5.14. The zero-order valence-corrected chi connectivity index (χ0v) is 9.59. The largest absolute Gasteiger partial charge is 0.477 e. The average Bonchev–Trinajstić information content (AvgIpc) is 2.55.